The number of carbonyl (C=O) groups is 1. The molecule has 3 aromatic heterocycles. The number of aromatic nitrogens is 5. The van der Waals surface area contributed by atoms with Crippen LogP contribution in [0.5, 0.6) is 0 Å². The molecule has 7 nitrogen and oxygen atoms in total. The molecule has 3 heterocycles. The molecule has 0 amide bonds. The number of hydrogen-bond acceptors (Lipinski definition) is 7. The van der Waals surface area contributed by atoms with Crippen LogP contribution in [0.1, 0.15) is 53.4 Å². The molecule has 0 saturated carbocycles. The Hall–Kier alpha value is -2.78. The summed E-state index contributed by atoms with van der Waals surface area (Å²) >= 11 is 1.59. The van der Waals surface area contributed by atoms with Gasteiger partial charge in [0.2, 0.25) is 4.96 Å². The number of aliphatic hydroxyl groups excluding tert-OH is 1. The minimum atomic E-state index is -1.54. The van der Waals surface area contributed by atoms with Gasteiger partial charge in [0.15, 0.2) is 5.78 Å². The predicted octanol–water partition coefficient (Wildman–Crippen LogP) is 7.77. The van der Waals surface area contributed by atoms with E-state index in [0.717, 1.165) is 57.5 Å². The SMILES string of the molecule is CCC(CC)C(=O)/C=C(\O)C(CC)CC.C[Si](C)(C)c1cc(-c2nncc3c2sc2nncn23)[c-]c2ccccc12.[Ir]. The van der Waals surface area contributed by atoms with Crippen molar-refractivity contribution in [2.45, 2.75) is 73.0 Å². The number of hydrogen-bond donors (Lipinski definition) is 1. The molecule has 0 unspecified atom stereocenters. The number of thiazole rings is 1. The van der Waals surface area contributed by atoms with Crippen LogP contribution in [0.4, 0.5) is 0 Å². The van der Waals surface area contributed by atoms with E-state index >= 15 is 0 Å². The summed E-state index contributed by atoms with van der Waals surface area (Å²) < 4.78 is 3.02. The number of nitrogens with zero attached hydrogens (tertiary/aromatic N) is 5. The summed E-state index contributed by atoms with van der Waals surface area (Å²) in [5, 5.41) is 30.4. The predicted molar refractivity (Wildman–Crippen MR) is 173 cm³/mol. The van der Waals surface area contributed by atoms with Crippen LogP contribution in [-0.2, 0) is 24.9 Å². The molecule has 1 N–H and O–H groups in total. The largest absolute Gasteiger partial charge is 0.512 e. The van der Waals surface area contributed by atoms with Gasteiger partial charge in [-0.25, -0.2) is 0 Å². The zero-order chi connectivity index (χ0) is 29.7. The monoisotopic (exact) mass is 779 g/mol. The Morgan fingerprint density at radius 1 is 1.02 bits per heavy atom. The average Bonchev–Trinajstić information content (AvgIpc) is 3.55. The van der Waals surface area contributed by atoms with Crippen molar-refractivity contribution in [3.05, 3.63) is 60.8 Å². The molecule has 10 heteroatoms. The molecular formula is C32H40IrN5O2SSi-. The van der Waals surface area contributed by atoms with E-state index in [1.807, 2.05) is 32.1 Å². The maximum atomic E-state index is 11.7. The number of carbonyl (C=O) groups excluding carboxylic acids is 1. The molecule has 0 spiro atoms. The molecule has 0 aliphatic rings. The Morgan fingerprint density at radius 2 is 1.69 bits per heavy atom. The summed E-state index contributed by atoms with van der Waals surface area (Å²) in [6, 6.07) is 14.3. The smallest absolute Gasteiger partial charge is 0.216 e. The van der Waals surface area contributed by atoms with Crippen LogP contribution in [0, 0.1) is 17.9 Å². The Labute approximate surface area is 266 Å². The first-order valence-electron chi connectivity index (χ1n) is 14.5. The molecule has 2 aromatic carbocycles. The number of ketones is 1. The number of rotatable bonds is 9. The zero-order valence-corrected chi connectivity index (χ0v) is 29.6. The van der Waals surface area contributed by atoms with E-state index in [1.165, 1.54) is 16.6 Å². The fourth-order valence-corrected chi connectivity index (χ4v) is 7.74. The van der Waals surface area contributed by atoms with E-state index in [2.05, 4.69) is 76.4 Å². The summed E-state index contributed by atoms with van der Waals surface area (Å²) in [4.78, 5) is 12.6. The first-order valence-corrected chi connectivity index (χ1v) is 18.8. The van der Waals surface area contributed by atoms with Gasteiger partial charge in [0.25, 0.3) is 0 Å². The quantitative estimate of drug-likeness (QED) is 0.0712. The van der Waals surface area contributed by atoms with Crippen LogP contribution in [-0.4, -0.2) is 43.8 Å². The van der Waals surface area contributed by atoms with Gasteiger partial charge in [-0.1, -0.05) is 76.5 Å². The molecule has 1 radical (unpaired) electrons. The average molecular weight is 779 g/mol. The summed E-state index contributed by atoms with van der Waals surface area (Å²) in [7, 11) is -1.54. The standard InChI is InChI=1S/C19H16N5SSi.C13H24O2.Ir/c1-26(2,3)16-9-13(8-12-6-4-5-7-14(12)16)17-18-15(10-20-22-17)24-11-21-23-19(24)25-18;1-5-10(6-2)12(14)9-13(15)11(7-3)8-4;/h4-7,9-11H,1-3H3;9-11,14H,5-8H2,1-4H3;/q-1;;/b;12-9-;. The maximum absolute atomic E-state index is 11.7. The molecule has 0 fully saturated rings. The number of fused-ring (bicyclic) bond motifs is 4. The van der Waals surface area contributed by atoms with Gasteiger partial charge in [-0.2, -0.15) is 10.2 Å². The fourth-order valence-electron chi connectivity index (χ4n) is 5.12. The van der Waals surface area contributed by atoms with Gasteiger partial charge in [-0.15, -0.1) is 50.3 Å². The zero-order valence-electron chi connectivity index (χ0n) is 25.4. The van der Waals surface area contributed by atoms with E-state index < -0.39 is 8.07 Å². The molecular weight excluding hydrogens is 739 g/mol. The van der Waals surface area contributed by atoms with Gasteiger partial charge in [0, 0.05) is 43.7 Å². The van der Waals surface area contributed by atoms with Gasteiger partial charge in [0.05, 0.1) is 30.2 Å². The van der Waals surface area contributed by atoms with Crippen molar-refractivity contribution < 1.29 is 30.0 Å². The van der Waals surface area contributed by atoms with E-state index in [9.17, 15) is 9.90 Å². The number of allylic oxidation sites excluding steroid dienone is 2. The van der Waals surface area contributed by atoms with Crippen LogP contribution in [0.15, 0.2) is 54.7 Å². The summed E-state index contributed by atoms with van der Waals surface area (Å²) in [5.41, 5.74) is 2.84. The Kier molecular flexibility index (Phi) is 11.7. The van der Waals surface area contributed by atoms with Crippen molar-refractivity contribution in [1.82, 2.24) is 24.8 Å². The van der Waals surface area contributed by atoms with Crippen molar-refractivity contribution in [1.29, 1.82) is 0 Å². The van der Waals surface area contributed by atoms with Crippen LogP contribution < -0.4 is 5.19 Å². The summed E-state index contributed by atoms with van der Waals surface area (Å²) in [6.07, 6.45) is 8.40. The first kappa shape index (κ1) is 33.7. The first-order chi connectivity index (χ1) is 19.6. The van der Waals surface area contributed by atoms with E-state index in [0.29, 0.717) is 0 Å². The molecule has 0 aliphatic heterocycles. The third-order valence-electron chi connectivity index (χ3n) is 7.68. The van der Waals surface area contributed by atoms with Crippen molar-refractivity contribution in [3.8, 4) is 11.3 Å². The van der Waals surface area contributed by atoms with Gasteiger partial charge in [-0.3, -0.25) is 9.20 Å². The molecule has 0 atom stereocenters. The van der Waals surface area contributed by atoms with Gasteiger partial charge in [-0.05, 0) is 25.7 Å². The van der Waals surface area contributed by atoms with Crippen LogP contribution in [0.3, 0.4) is 0 Å². The molecule has 0 aliphatic carbocycles. The van der Waals surface area contributed by atoms with Crippen molar-refractivity contribution >= 4 is 56.3 Å². The van der Waals surface area contributed by atoms with Gasteiger partial charge >= 0.3 is 0 Å². The van der Waals surface area contributed by atoms with E-state index in [-0.39, 0.29) is 43.5 Å². The minimum absolute atomic E-state index is 0. The normalized spacial score (nSPS) is 12.2. The van der Waals surface area contributed by atoms with Crippen molar-refractivity contribution in [2.75, 3.05) is 0 Å². The fraction of sp³-hybridized carbons (Fsp3) is 0.406. The minimum Gasteiger partial charge on any atom is -0.512 e. The topological polar surface area (TPSA) is 93.3 Å². The van der Waals surface area contributed by atoms with Gasteiger partial charge < -0.3 is 5.11 Å². The Morgan fingerprint density at radius 3 is 2.33 bits per heavy atom. The third-order valence-corrected chi connectivity index (χ3v) is 10.8. The van der Waals surface area contributed by atoms with Crippen LogP contribution in [0.25, 0.3) is 37.2 Å². The van der Waals surface area contributed by atoms with Crippen molar-refractivity contribution in [2.24, 2.45) is 11.8 Å². The maximum Gasteiger partial charge on any atom is 0.216 e. The van der Waals surface area contributed by atoms with Crippen LogP contribution in [0.2, 0.25) is 19.6 Å². The molecule has 42 heavy (non-hydrogen) atoms. The molecule has 0 saturated heterocycles. The van der Waals surface area contributed by atoms with Gasteiger partial charge in [0.1, 0.15) is 6.33 Å². The number of benzene rings is 2. The molecule has 5 aromatic rings. The van der Waals surface area contributed by atoms with E-state index in [1.54, 1.807) is 23.9 Å². The van der Waals surface area contributed by atoms with E-state index in [4.69, 9.17) is 0 Å². The second-order valence-corrected chi connectivity index (χ2v) is 17.4. The Bertz CT molecular complexity index is 1680. The van der Waals surface area contributed by atoms with Crippen molar-refractivity contribution in [3.63, 3.8) is 0 Å². The van der Waals surface area contributed by atoms with Crippen LogP contribution >= 0.6 is 11.3 Å². The molecule has 0 bridgehead atoms. The third kappa shape index (κ3) is 7.22. The number of aliphatic hydroxyl groups is 1. The molecule has 225 valence electrons. The summed E-state index contributed by atoms with van der Waals surface area (Å²) in [6.45, 7) is 15.2. The summed E-state index contributed by atoms with van der Waals surface area (Å²) in [5.74, 6) is 0.547. The second-order valence-electron chi connectivity index (χ2n) is 11.4. The molecule has 5 rings (SSSR count). The Balaban J connectivity index is 0.000000263. The second kappa shape index (κ2) is 14.6.